The van der Waals surface area contributed by atoms with E-state index in [1.165, 1.54) is 16.9 Å². The van der Waals surface area contributed by atoms with Crippen molar-refractivity contribution < 1.29 is 23.6 Å². The van der Waals surface area contributed by atoms with Crippen LogP contribution in [0.1, 0.15) is 49.5 Å². The van der Waals surface area contributed by atoms with Crippen LogP contribution in [0.5, 0.6) is 17.4 Å². The van der Waals surface area contributed by atoms with Crippen molar-refractivity contribution in [3.63, 3.8) is 0 Å². The molecule has 194 valence electrons. The summed E-state index contributed by atoms with van der Waals surface area (Å²) >= 11 is -1.55. The van der Waals surface area contributed by atoms with Crippen LogP contribution in [0, 0.1) is 11.3 Å². The molecule has 3 aromatic rings. The topological polar surface area (TPSA) is 125 Å². The minimum absolute atomic E-state index is 0.0691. The van der Waals surface area contributed by atoms with Crippen LogP contribution in [0.15, 0.2) is 60.8 Å². The lowest BCUT2D eigenvalue weighted by Crippen LogP contribution is -2.22. The maximum Gasteiger partial charge on any atom is 0.253 e. The molecule has 5 rings (SSSR count). The Morgan fingerprint density at radius 1 is 1.16 bits per heavy atom. The highest BCUT2D eigenvalue weighted by Gasteiger charge is 2.28. The second-order valence-electron chi connectivity index (χ2n) is 8.08. The number of anilines is 1. The molecule has 10 heteroatoms. The van der Waals surface area contributed by atoms with Gasteiger partial charge in [-0.05, 0) is 54.8 Å². The highest BCUT2D eigenvalue weighted by molar-refractivity contribution is 7.85. The number of benzene rings is 2. The summed E-state index contributed by atoms with van der Waals surface area (Å²) in [4.78, 5) is 15.6. The number of nitriles is 1. The Hall–Kier alpha value is -3.94. The van der Waals surface area contributed by atoms with Crippen LogP contribution in [0.2, 0.25) is 0 Å². The number of aromatic nitrogens is 1. The number of amides is 1. The van der Waals surface area contributed by atoms with Crippen molar-refractivity contribution in [3.8, 4) is 23.4 Å². The smallest absolute Gasteiger partial charge is 0.253 e. The average molecular weight is 523 g/mol. The first-order chi connectivity index (χ1) is 18.0. The van der Waals surface area contributed by atoms with E-state index < -0.39 is 11.2 Å². The first kappa shape index (κ1) is 27.6. The fourth-order valence-corrected chi connectivity index (χ4v) is 4.75. The van der Waals surface area contributed by atoms with E-state index in [1.54, 1.807) is 24.3 Å². The van der Waals surface area contributed by atoms with Gasteiger partial charge in [0.05, 0.1) is 11.3 Å². The van der Waals surface area contributed by atoms with Crippen molar-refractivity contribution >= 4 is 22.8 Å². The van der Waals surface area contributed by atoms with E-state index in [4.69, 9.17) is 19.8 Å². The summed E-state index contributed by atoms with van der Waals surface area (Å²) in [5.74, 6) is 1.59. The van der Waals surface area contributed by atoms with Gasteiger partial charge in [-0.15, -0.1) is 0 Å². The van der Waals surface area contributed by atoms with Gasteiger partial charge in [-0.1, -0.05) is 32.4 Å². The molecule has 37 heavy (non-hydrogen) atoms. The molecule has 1 aromatic heterocycles. The number of carbonyl (C=O) groups excluding carboxylic acids is 1. The van der Waals surface area contributed by atoms with Crippen molar-refractivity contribution in [1.82, 2.24) is 9.71 Å². The Kier molecular flexibility index (Phi) is 10.0. The van der Waals surface area contributed by atoms with Gasteiger partial charge in [0.25, 0.3) is 5.91 Å². The van der Waals surface area contributed by atoms with Gasteiger partial charge < -0.3 is 14.6 Å². The van der Waals surface area contributed by atoms with Crippen LogP contribution >= 0.6 is 0 Å². The van der Waals surface area contributed by atoms with Gasteiger partial charge in [-0.2, -0.15) is 5.26 Å². The molecule has 0 saturated carbocycles. The predicted octanol–water partition coefficient (Wildman–Crippen LogP) is 4.35. The number of ether oxygens (including phenoxy) is 2. The third-order valence-corrected chi connectivity index (χ3v) is 6.49. The molecule has 1 fully saturated rings. The average Bonchev–Trinajstić information content (AvgIpc) is 3.49. The second-order valence-corrected chi connectivity index (χ2v) is 9.22. The van der Waals surface area contributed by atoms with Crippen molar-refractivity contribution in [2.24, 2.45) is 0 Å². The summed E-state index contributed by atoms with van der Waals surface area (Å²) in [6.45, 7) is 4.32. The van der Waals surface area contributed by atoms with E-state index in [2.05, 4.69) is 23.6 Å². The number of hydrogen-bond donors (Lipinski definition) is 2. The van der Waals surface area contributed by atoms with E-state index in [0.717, 1.165) is 36.8 Å². The molecule has 1 saturated heterocycles. The van der Waals surface area contributed by atoms with Crippen LogP contribution in [0.4, 0.5) is 5.69 Å². The van der Waals surface area contributed by atoms with E-state index in [9.17, 15) is 9.00 Å². The van der Waals surface area contributed by atoms with Crippen LogP contribution < -0.4 is 18.5 Å². The molecule has 1 aliphatic carbocycles. The molecule has 2 heterocycles. The Morgan fingerprint density at radius 2 is 1.89 bits per heavy atom. The molecule has 0 radical (unpaired) electrons. The number of carbonyl (C=O) groups is 1. The standard InChI is InChI=1S/C23H18N4O4S.C3H8.CH4O/c24-12-15-4-11-23(25-13-15)31-20-3-1-2-18-19(20)9-10-21(18)30-17-7-5-16(6-8-17)27-14-22(28)26-32(27)29;1-3-2;1-2/h1-8,11,13,21H,9-10,14H2,(H,26,28);3H2,1-2H3;2H,1H3. The van der Waals surface area contributed by atoms with Crippen molar-refractivity contribution in [1.29, 1.82) is 5.26 Å². The van der Waals surface area contributed by atoms with Crippen molar-refractivity contribution in [2.45, 2.75) is 39.2 Å². The van der Waals surface area contributed by atoms with Crippen LogP contribution in [-0.4, -0.2) is 33.9 Å². The van der Waals surface area contributed by atoms with Crippen molar-refractivity contribution in [3.05, 3.63) is 77.5 Å². The fraction of sp³-hybridized carbons (Fsp3) is 0.296. The predicted molar refractivity (Wildman–Crippen MR) is 141 cm³/mol. The third kappa shape index (κ3) is 6.84. The summed E-state index contributed by atoms with van der Waals surface area (Å²) in [7, 11) is 1.00. The number of rotatable bonds is 5. The number of nitrogens with zero attached hydrogens (tertiary/aromatic N) is 3. The summed E-state index contributed by atoms with van der Waals surface area (Å²) in [5.41, 5.74) is 3.31. The first-order valence-electron chi connectivity index (χ1n) is 11.9. The summed E-state index contributed by atoms with van der Waals surface area (Å²) in [6, 6.07) is 18.5. The van der Waals surface area contributed by atoms with Crippen LogP contribution in [0.25, 0.3) is 0 Å². The summed E-state index contributed by atoms with van der Waals surface area (Å²) < 4.78 is 28.0. The van der Waals surface area contributed by atoms with Crippen molar-refractivity contribution in [2.75, 3.05) is 18.0 Å². The van der Waals surface area contributed by atoms with Gasteiger partial charge in [0.1, 0.15) is 30.2 Å². The molecule has 2 aromatic carbocycles. The minimum atomic E-state index is -1.55. The van der Waals surface area contributed by atoms with Crippen LogP contribution in [0.3, 0.4) is 0 Å². The van der Waals surface area contributed by atoms with E-state index in [-0.39, 0.29) is 18.6 Å². The molecule has 2 atom stereocenters. The molecule has 2 N–H and O–H groups in total. The molecular formula is C27H30N4O5S. The minimum Gasteiger partial charge on any atom is -0.486 e. The number of aliphatic hydroxyl groups is 1. The maximum atomic E-state index is 11.9. The Labute approximate surface area is 219 Å². The molecule has 0 bridgehead atoms. The lowest BCUT2D eigenvalue weighted by Gasteiger charge is -2.17. The van der Waals surface area contributed by atoms with Gasteiger partial charge in [0, 0.05) is 24.9 Å². The Bertz CT molecular complexity index is 1260. The maximum absolute atomic E-state index is 11.9. The molecule has 9 nitrogen and oxygen atoms in total. The van der Waals surface area contributed by atoms with Crippen LogP contribution in [-0.2, 0) is 22.4 Å². The quantitative estimate of drug-likeness (QED) is 0.510. The highest BCUT2D eigenvalue weighted by atomic mass is 32.2. The van der Waals surface area contributed by atoms with Gasteiger partial charge in [-0.3, -0.25) is 13.8 Å². The molecule has 2 aliphatic rings. The number of aliphatic hydroxyl groups excluding tert-OH is 1. The number of pyridine rings is 1. The largest absolute Gasteiger partial charge is 0.486 e. The van der Waals surface area contributed by atoms with Gasteiger partial charge in [0.2, 0.25) is 17.1 Å². The molecule has 2 unspecified atom stereocenters. The summed E-state index contributed by atoms with van der Waals surface area (Å²) in [6.07, 6.45) is 4.24. The highest BCUT2D eigenvalue weighted by Crippen LogP contribution is 2.40. The van der Waals surface area contributed by atoms with Gasteiger partial charge >= 0.3 is 0 Å². The zero-order chi connectivity index (χ0) is 26.8. The monoisotopic (exact) mass is 522 g/mol. The molecular weight excluding hydrogens is 492 g/mol. The lowest BCUT2D eigenvalue weighted by atomic mass is 10.1. The van der Waals surface area contributed by atoms with E-state index in [0.29, 0.717) is 22.9 Å². The summed E-state index contributed by atoms with van der Waals surface area (Å²) in [5, 5.41) is 15.9. The van der Waals surface area contributed by atoms with E-state index in [1.807, 2.05) is 36.4 Å². The van der Waals surface area contributed by atoms with Gasteiger partial charge in [0.15, 0.2) is 0 Å². The number of nitrogens with one attached hydrogen (secondary N) is 1. The first-order valence-corrected chi connectivity index (χ1v) is 13.0. The SMILES string of the molecule is CCC.CO.N#Cc1ccc(Oc2cccc3c2CCC3Oc2ccc(N3CC(=O)NS3=O)cc2)nc1. The Balaban J connectivity index is 0.000000711. The normalized spacial score (nSPS) is 17.3. The van der Waals surface area contributed by atoms with E-state index >= 15 is 0 Å². The second kappa shape index (κ2) is 13.4. The fourth-order valence-electron chi connectivity index (χ4n) is 3.84. The molecule has 0 spiro atoms. The number of fused-ring (bicyclic) bond motifs is 1. The Morgan fingerprint density at radius 3 is 2.49 bits per heavy atom. The zero-order valence-electron chi connectivity index (χ0n) is 21.0. The molecule has 1 aliphatic heterocycles. The molecule has 1 amide bonds. The lowest BCUT2D eigenvalue weighted by molar-refractivity contribution is -0.117. The number of hydrogen-bond acceptors (Lipinski definition) is 7. The third-order valence-electron chi connectivity index (χ3n) is 5.34. The van der Waals surface area contributed by atoms with Gasteiger partial charge in [-0.25, -0.2) is 9.19 Å². The zero-order valence-corrected chi connectivity index (χ0v) is 21.8.